The largest absolute Gasteiger partial charge is 0.497 e. The van der Waals surface area contributed by atoms with E-state index in [0.29, 0.717) is 30.6 Å². The maximum absolute atomic E-state index is 5.93. The van der Waals surface area contributed by atoms with E-state index in [1.54, 1.807) is 14.2 Å². The van der Waals surface area contributed by atoms with Gasteiger partial charge in [0.15, 0.2) is 17.5 Å². The number of nitrogens with two attached hydrogens (primary N) is 1. The number of aliphatic imine (C=N–C) groups is 1. The van der Waals surface area contributed by atoms with Crippen LogP contribution in [0.15, 0.2) is 47.5 Å². The van der Waals surface area contributed by atoms with Crippen LogP contribution in [0, 0.1) is 0 Å². The number of methoxy groups -OCH3 is 2. The average Bonchev–Trinajstić information content (AvgIpc) is 2.61. The molecule has 0 heterocycles. The molecule has 0 aromatic heterocycles. The van der Waals surface area contributed by atoms with Crippen molar-refractivity contribution >= 4 is 11.6 Å². The van der Waals surface area contributed by atoms with Crippen molar-refractivity contribution in [2.24, 2.45) is 10.7 Å². The zero-order valence-corrected chi connectivity index (χ0v) is 14.2. The summed E-state index contributed by atoms with van der Waals surface area (Å²) >= 11 is 0. The number of nitrogens with zero attached hydrogens (tertiary/aromatic N) is 1. The second kappa shape index (κ2) is 8.67. The van der Waals surface area contributed by atoms with Crippen molar-refractivity contribution in [3.63, 3.8) is 0 Å². The van der Waals surface area contributed by atoms with Gasteiger partial charge in [0.05, 0.1) is 27.4 Å². The van der Waals surface area contributed by atoms with Crippen LogP contribution in [0.4, 0.5) is 5.69 Å². The van der Waals surface area contributed by atoms with Crippen LogP contribution in [0.25, 0.3) is 0 Å². The van der Waals surface area contributed by atoms with Crippen LogP contribution in [0.1, 0.15) is 12.5 Å². The summed E-state index contributed by atoms with van der Waals surface area (Å²) < 4.78 is 15.9. The van der Waals surface area contributed by atoms with Crippen molar-refractivity contribution < 1.29 is 14.2 Å². The maximum atomic E-state index is 5.93. The minimum absolute atomic E-state index is 0.342. The monoisotopic (exact) mass is 329 g/mol. The highest BCUT2D eigenvalue weighted by atomic mass is 16.5. The van der Waals surface area contributed by atoms with Crippen LogP contribution in [-0.2, 0) is 6.54 Å². The lowest BCUT2D eigenvalue weighted by atomic mass is 10.2. The normalized spacial score (nSPS) is 11.0. The summed E-state index contributed by atoms with van der Waals surface area (Å²) in [6, 6.07) is 13.2. The van der Waals surface area contributed by atoms with E-state index in [-0.39, 0.29) is 0 Å². The SMILES string of the molecule is CCOc1cc(CN=C(N)Nc2ccc(OC)cc2)ccc1OC. The van der Waals surface area contributed by atoms with Gasteiger partial charge in [0.25, 0.3) is 0 Å². The molecule has 0 unspecified atom stereocenters. The third-order valence-corrected chi connectivity index (χ3v) is 3.32. The highest BCUT2D eigenvalue weighted by Crippen LogP contribution is 2.28. The molecule has 0 saturated heterocycles. The van der Waals surface area contributed by atoms with Crippen molar-refractivity contribution in [2.75, 3.05) is 26.1 Å². The van der Waals surface area contributed by atoms with Gasteiger partial charge in [-0.2, -0.15) is 0 Å². The number of hydrogen-bond acceptors (Lipinski definition) is 4. The summed E-state index contributed by atoms with van der Waals surface area (Å²) in [6.45, 7) is 2.95. The molecular formula is C18H23N3O3. The molecule has 2 aromatic carbocycles. The summed E-state index contributed by atoms with van der Waals surface area (Å²) in [6.07, 6.45) is 0. The third kappa shape index (κ3) is 4.81. The lowest BCUT2D eigenvalue weighted by Crippen LogP contribution is -2.22. The van der Waals surface area contributed by atoms with Crippen LogP contribution >= 0.6 is 0 Å². The minimum Gasteiger partial charge on any atom is -0.497 e. The first-order valence-electron chi connectivity index (χ1n) is 7.67. The molecule has 0 radical (unpaired) electrons. The molecule has 0 aliphatic rings. The van der Waals surface area contributed by atoms with Crippen LogP contribution < -0.4 is 25.3 Å². The molecule has 2 aromatic rings. The Morgan fingerprint density at radius 1 is 1.04 bits per heavy atom. The van der Waals surface area contributed by atoms with E-state index < -0.39 is 0 Å². The predicted octanol–water partition coefficient (Wildman–Crippen LogP) is 3.03. The Hall–Kier alpha value is -2.89. The molecule has 24 heavy (non-hydrogen) atoms. The summed E-state index contributed by atoms with van der Waals surface area (Å²) in [7, 11) is 3.25. The number of anilines is 1. The molecule has 0 spiro atoms. The van der Waals surface area contributed by atoms with Crippen LogP contribution in [-0.4, -0.2) is 26.8 Å². The molecule has 6 nitrogen and oxygen atoms in total. The average molecular weight is 329 g/mol. The van der Waals surface area contributed by atoms with Gasteiger partial charge in [0, 0.05) is 5.69 Å². The van der Waals surface area contributed by atoms with Gasteiger partial charge < -0.3 is 25.3 Å². The van der Waals surface area contributed by atoms with Crippen LogP contribution in [0.2, 0.25) is 0 Å². The van der Waals surface area contributed by atoms with E-state index in [1.165, 1.54) is 0 Å². The molecule has 0 bridgehead atoms. The molecule has 0 amide bonds. The van der Waals surface area contributed by atoms with Gasteiger partial charge in [-0.1, -0.05) is 6.07 Å². The Balaban J connectivity index is 2.01. The van der Waals surface area contributed by atoms with Gasteiger partial charge in [-0.15, -0.1) is 0 Å². The Bertz CT molecular complexity index is 684. The van der Waals surface area contributed by atoms with Gasteiger partial charge in [-0.25, -0.2) is 4.99 Å². The molecule has 0 atom stereocenters. The number of hydrogen-bond donors (Lipinski definition) is 2. The first-order valence-corrected chi connectivity index (χ1v) is 7.67. The lowest BCUT2D eigenvalue weighted by molar-refractivity contribution is 0.310. The highest BCUT2D eigenvalue weighted by molar-refractivity contribution is 5.92. The molecule has 6 heteroatoms. The van der Waals surface area contributed by atoms with Gasteiger partial charge in [0.2, 0.25) is 0 Å². The second-order valence-electron chi connectivity index (χ2n) is 4.97. The van der Waals surface area contributed by atoms with E-state index in [2.05, 4.69) is 10.3 Å². The first kappa shape index (κ1) is 17.5. The zero-order valence-electron chi connectivity index (χ0n) is 14.2. The van der Waals surface area contributed by atoms with E-state index in [4.69, 9.17) is 19.9 Å². The number of rotatable bonds is 7. The van der Waals surface area contributed by atoms with Crippen molar-refractivity contribution in [1.29, 1.82) is 0 Å². The Kier molecular flexibility index (Phi) is 6.31. The first-order chi connectivity index (χ1) is 11.7. The third-order valence-electron chi connectivity index (χ3n) is 3.32. The molecular weight excluding hydrogens is 306 g/mol. The van der Waals surface area contributed by atoms with Crippen molar-refractivity contribution in [2.45, 2.75) is 13.5 Å². The maximum Gasteiger partial charge on any atom is 0.193 e. The number of guanidine groups is 1. The molecule has 3 N–H and O–H groups in total. The standard InChI is InChI=1S/C18H23N3O3/c1-4-24-17-11-13(5-10-16(17)23-3)12-20-18(19)21-14-6-8-15(22-2)9-7-14/h5-11H,4,12H2,1-3H3,(H3,19,20,21). The van der Waals surface area contributed by atoms with Gasteiger partial charge in [0.1, 0.15) is 5.75 Å². The van der Waals surface area contributed by atoms with Crippen LogP contribution in [0.3, 0.4) is 0 Å². The Morgan fingerprint density at radius 2 is 1.79 bits per heavy atom. The number of ether oxygens (including phenoxy) is 3. The lowest BCUT2D eigenvalue weighted by Gasteiger charge is -2.10. The molecule has 0 aliphatic heterocycles. The summed E-state index contributed by atoms with van der Waals surface area (Å²) in [4.78, 5) is 4.34. The number of benzene rings is 2. The fourth-order valence-electron chi connectivity index (χ4n) is 2.13. The molecule has 128 valence electrons. The summed E-state index contributed by atoms with van der Waals surface area (Å²) in [5, 5.41) is 3.04. The van der Waals surface area contributed by atoms with Crippen LogP contribution in [0.5, 0.6) is 17.2 Å². The Morgan fingerprint density at radius 3 is 2.42 bits per heavy atom. The zero-order chi connectivity index (χ0) is 17.4. The van der Waals surface area contributed by atoms with E-state index in [0.717, 1.165) is 17.0 Å². The smallest absolute Gasteiger partial charge is 0.193 e. The van der Waals surface area contributed by atoms with Gasteiger partial charge in [-0.05, 0) is 48.9 Å². The second-order valence-corrected chi connectivity index (χ2v) is 4.97. The van der Waals surface area contributed by atoms with Crippen molar-refractivity contribution in [1.82, 2.24) is 0 Å². The highest BCUT2D eigenvalue weighted by Gasteiger charge is 2.05. The van der Waals surface area contributed by atoms with E-state index in [9.17, 15) is 0 Å². The fourth-order valence-corrected chi connectivity index (χ4v) is 2.13. The summed E-state index contributed by atoms with van der Waals surface area (Å²) in [5.41, 5.74) is 7.76. The minimum atomic E-state index is 0.342. The van der Waals surface area contributed by atoms with Crippen molar-refractivity contribution in [3.05, 3.63) is 48.0 Å². The summed E-state index contributed by atoms with van der Waals surface area (Å²) in [5.74, 6) is 2.54. The van der Waals surface area contributed by atoms with E-state index in [1.807, 2.05) is 49.4 Å². The molecule has 0 saturated carbocycles. The quantitative estimate of drug-likeness (QED) is 0.603. The van der Waals surface area contributed by atoms with E-state index >= 15 is 0 Å². The van der Waals surface area contributed by atoms with Gasteiger partial charge in [-0.3, -0.25) is 0 Å². The fraction of sp³-hybridized carbons (Fsp3) is 0.278. The topological polar surface area (TPSA) is 78.1 Å². The number of nitrogens with one attached hydrogen (secondary N) is 1. The molecule has 2 rings (SSSR count). The van der Waals surface area contributed by atoms with Gasteiger partial charge >= 0.3 is 0 Å². The predicted molar refractivity (Wildman–Crippen MR) is 96.1 cm³/mol. The molecule has 0 fully saturated rings. The van der Waals surface area contributed by atoms with Crippen molar-refractivity contribution in [3.8, 4) is 17.2 Å². The molecule has 0 aliphatic carbocycles. The Labute approximate surface area is 142 Å².